The van der Waals surface area contributed by atoms with E-state index in [1.54, 1.807) is 0 Å². The number of aryl methyl sites for hydroxylation is 1. The molecule has 0 aliphatic heterocycles. The maximum atomic E-state index is 9.22. The first-order chi connectivity index (χ1) is 7.31. The van der Waals surface area contributed by atoms with Crippen molar-refractivity contribution in [3.05, 3.63) is 52.5 Å². The average molecular weight is 203 g/mol. The Kier molecular flexibility index (Phi) is 2.55. The summed E-state index contributed by atoms with van der Waals surface area (Å²) in [5.41, 5.74) is 2.34. The predicted molar refractivity (Wildman–Crippen MR) is 54.4 cm³/mol. The van der Waals surface area contributed by atoms with Crippen molar-refractivity contribution in [1.29, 1.82) is 5.39 Å². The SMILES string of the molecule is N#[N+]C=C(O)OC1CCc2ccccc21. The third-order valence-corrected chi connectivity index (χ3v) is 2.51. The highest BCUT2D eigenvalue weighted by Gasteiger charge is 2.24. The van der Waals surface area contributed by atoms with Crippen molar-refractivity contribution in [3.8, 4) is 0 Å². The monoisotopic (exact) mass is 203 g/mol. The summed E-state index contributed by atoms with van der Waals surface area (Å²) >= 11 is 0. The summed E-state index contributed by atoms with van der Waals surface area (Å²) in [4.78, 5) is 2.70. The summed E-state index contributed by atoms with van der Waals surface area (Å²) in [6.07, 6.45) is 2.52. The average Bonchev–Trinajstić information content (AvgIpc) is 2.62. The maximum Gasteiger partial charge on any atom is 0.429 e. The van der Waals surface area contributed by atoms with Gasteiger partial charge in [0.25, 0.3) is 0 Å². The van der Waals surface area contributed by atoms with Crippen molar-refractivity contribution in [2.45, 2.75) is 18.9 Å². The lowest BCUT2D eigenvalue weighted by Gasteiger charge is -2.11. The summed E-state index contributed by atoms with van der Waals surface area (Å²) in [7, 11) is 0. The number of nitrogens with zero attached hydrogens (tertiary/aromatic N) is 2. The standard InChI is InChI=1S/C11H10N2O2/c12-13-7-11(14)15-10-6-5-8-3-1-2-4-9(8)10/h1-4,7,10H,5-6H2/p+1. The Morgan fingerprint density at radius 1 is 1.53 bits per heavy atom. The second kappa shape index (κ2) is 4.01. The third-order valence-electron chi connectivity index (χ3n) is 2.51. The zero-order chi connectivity index (χ0) is 10.7. The topological polar surface area (TPSA) is 57.6 Å². The normalized spacial score (nSPS) is 19.4. The summed E-state index contributed by atoms with van der Waals surface area (Å²) in [6, 6.07) is 7.96. The van der Waals surface area contributed by atoms with Crippen LogP contribution in [0.25, 0.3) is 4.98 Å². The highest BCUT2D eigenvalue weighted by molar-refractivity contribution is 5.33. The fraction of sp³-hybridized carbons (Fsp3) is 0.273. The van der Waals surface area contributed by atoms with Gasteiger partial charge in [-0.2, -0.15) is 0 Å². The van der Waals surface area contributed by atoms with Crippen LogP contribution in [-0.2, 0) is 11.2 Å². The van der Waals surface area contributed by atoms with Crippen molar-refractivity contribution < 1.29 is 9.84 Å². The second-order valence-corrected chi connectivity index (χ2v) is 3.43. The van der Waals surface area contributed by atoms with Crippen LogP contribution in [0.3, 0.4) is 0 Å². The van der Waals surface area contributed by atoms with Gasteiger partial charge in [0, 0.05) is 0 Å². The molecule has 76 valence electrons. The molecule has 2 rings (SSSR count). The molecule has 1 aromatic carbocycles. The van der Waals surface area contributed by atoms with Crippen molar-refractivity contribution in [1.82, 2.24) is 0 Å². The number of aliphatic hydroxyl groups excluding tert-OH is 1. The first-order valence-corrected chi connectivity index (χ1v) is 4.79. The zero-order valence-corrected chi connectivity index (χ0v) is 8.13. The molecule has 1 aliphatic rings. The van der Waals surface area contributed by atoms with Crippen molar-refractivity contribution in [3.63, 3.8) is 0 Å². The van der Waals surface area contributed by atoms with E-state index in [0.29, 0.717) is 0 Å². The molecule has 1 aromatic rings. The van der Waals surface area contributed by atoms with Gasteiger partial charge in [-0.3, -0.25) is 0 Å². The molecule has 1 N–H and O–H groups in total. The molecule has 15 heavy (non-hydrogen) atoms. The number of aliphatic hydroxyl groups is 1. The molecule has 0 aromatic heterocycles. The maximum absolute atomic E-state index is 9.22. The molecule has 1 unspecified atom stereocenters. The first kappa shape index (κ1) is 9.53. The van der Waals surface area contributed by atoms with E-state index in [1.807, 2.05) is 18.2 Å². The number of benzene rings is 1. The lowest BCUT2D eigenvalue weighted by molar-refractivity contribution is 0.0324. The Morgan fingerprint density at radius 2 is 2.33 bits per heavy atom. The van der Waals surface area contributed by atoms with Crippen LogP contribution in [0.5, 0.6) is 0 Å². The highest BCUT2D eigenvalue weighted by Crippen LogP contribution is 2.34. The van der Waals surface area contributed by atoms with Crippen molar-refractivity contribution in [2.24, 2.45) is 0 Å². The van der Waals surface area contributed by atoms with Gasteiger partial charge in [0.2, 0.25) is 5.39 Å². The number of diazo groups is 1. The van der Waals surface area contributed by atoms with Crippen molar-refractivity contribution in [2.75, 3.05) is 0 Å². The van der Waals surface area contributed by atoms with Crippen LogP contribution in [0.1, 0.15) is 23.7 Å². The van der Waals surface area contributed by atoms with Crippen LogP contribution < -0.4 is 0 Å². The molecule has 4 heteroatoms. The molecule has 0 heterocycles. The number of fused-ring (bicyclic) bond motifs is 1. The zero-order valence-electron chi connectivity index (χ0n) is 8.13. The van der Waals surface area contributed by atoms with Gasteiger partial charge in [-0.25, -0.2) is 0 Å². The van der Waals surface area contributed by atoms with Crippen molar-refractivity contribution >= 4 is 0 Å². The van der Waals surface area contributed by atoms with E-state index < -0.39 is 0 Å². The van der Waals surface area contributed by atoms with Gasteiger partial charge < -0.3 is 9.84 Å². The molecule has 1 aliphatic carbocycles. The number of rotatable bonds is 2. The van der Waals surface area contributed by atoms with E-state index in [4.69, 9.17) is 10.1 Å². The van der Waals surface area contributed by atoms with Gasteiger partial charge in [0.15, 0.2) is 4.98 Å². The van der Waals surface area contributed by atoms with E-state index in [-0.39, 0.29) is 12.0 Å². The van der Waals surface area contributed by atoms with Gasteiger partial charge in [-0.05, 0) is 24.0 Å². The largest absolute Gasteiger partial charge is 0.476 e. The minimum Gasteiger partial charge on any atom is -0.476 e. The van der Waals surface area contributed by atoms with Gasteiger partial charge in [0.05, 0.1) is 0 Å². The fourth-order valence-corrected chi connectivity index (χ4v) is 1.87. The van der Waals surface area contributed by atoms with Crippen LogP contribution in [0.2, 0.25) is 0 Å². The Bertz CT molecular complexity index is 434. The Balaban J connectivity index is 2.15. The molecular formula is C11H11N2O2+. The number of hydrogen-bond acceptors (Lipinski definition) is 3. The minimum absolute atomic E-state index is 0.140. The van der Waals surface area contributed by atoms with E-state index in [1.165, 1.54) is 5.56 Å². The van der Waals surface area contributed by atoms with E-state index in [2.05, 4.69) is 11.0 Å². The predicted octanol–water partition coefficient (Wildman–Crippen LogP) is 2.90. The lowest BCUT2D eigenvalue weighted by atomic mass is 10.1. The number of hydrogen-bond donors (Lipinski definition) is 1. The molecule has 0 saturated heterocycles. The molecule has 0 radical (unpaired) electrons. The van der Waals surface area contributed by atoms with Gasteiger partial charge in [-0.15, -0.1) is 0 Å². The Labute approximate surface area is 87.4 Å². The van der Waals surface area contributed by atoms with Gasteiger partial charge >= 0.3 is 12.1 Å². The summed E-state index contributed by atoms with van der Waals surface area (Å²) in [5, 5.41) is 17.4. The highest BCUT2D eigenvalue weighted by atomic mass is 16.6. The minimum atomic E-state index is -0.362. The molecule has 0 saturated carbocycles. The first-order valence-electron chi connectivity index (χ1n) is 4.79. The fourth-order valence-electron chi connectivity index (χ4n) is 1.87. The summed E-state index contributed by atoms with van der Waals surface area (Å²) < 4.78 is 5.24. The number of ether oxygens (including phenoxy) is 1. The second-order valence-electron chi connectivity index (χ2n) is 3.43. The van der Waals surface area contributed by atoms with Crippen LogP contribution >= 0.6 is 0 Å². The molecule has 0 amide bonds. The van der Waals surface area contributed by atoms with Gasteiger partial charge in [0.1, 0.15) is 6.10 Å². The van der Waals surface area contributed by atoms with E-state index in [9.17, 15) is 5.11 Å². The molecule has 1 atom stereocenters. The Hall–Kier alpha value is -2.02. The Morgan fingerprint density at radius 3 is 3.13 bits per heavy atom. The summed E-state index contributed by atoms with van der Waals surface area (Å²) in [6.45, 7) is 0. The lowest BCUT2D eigenvalue weighted by Crippen LogP contribution is -1.99. The van der Waals surface area contributed by atoms with Crippen LogP contribution in [0, 0.1) is 5.39 Å². The van der Waals surface area contributed by atoms with Crippen LogP contribution in [-0.4, -0.2) is 5.11 Å². The molecule has 0 spiro atoms. The molecule has 0 bridgehead atoms. The molecular weight excluding hydrogens is 192 g/mol. The van der Waals surface area contributed by atoms with E-state index >= 15 is 0 Å². The van der Waals surface area contributed by atoms with E-state index in [0.717, 1.165) is 24.6 Å². The molecule has 4 nitrogen and oxygen atoms in total. The van der Waals surface area contributed by atoms with Gasteiger partial charge in [-0.1, -0.05) is 24.3 Å². The smallest absolute Gasteiger partial charge is 0.429 e. The molecule has 0 fully saturated rings. The third kappa shape index (κ3) is 1.91. The van der Waals surface area contributed by atoms with Crippen LogP contribution in [0.15, 0.2) is 36.4 Å². The quantitative estimate of drug-likeness (QED) is 0.593. The summed E-state index contributed by atoms with van der Waals surface area (Å²) in [5.74, 6) is -0.362. The van der Waals surface area contributed by atoms with Crippen LogP contribution in [0.4, 0.5) is 0 Å².